The van der Waals surface area contributed by atoms with Crippen molar-refractivity contribution >= 4 is 27.2 Å². The van der Waals surface area contributed by atoms with Crippen LogP contribution in [0.1, 0.15) is 19.8 Å². The van der Waals surface area contributed by atoms with Gasteiger partial charge < -0.3 is 20.2 Å². The van der Waals surface area contributed by atoms with Crippen LogP contribution in [-0.2, 0) is 0 Å². The van der Waals surface area contributed by atoms with Gasteiger partial charge in [0.25, 0.3) is 0 Å². The van der Waals surface area contributed by atoms with E-state index >= 15 is 0 Å². The molecule has 7 heteroatoms. The van der Waals surface area contributed by atoms with E-state index in [9.17, 15) is 15.3 Å². The number of aromatic nitrogens is 1. The molecular formula is C19H27N3O3S. The standard InChI is InChI=1S/C19H27N3O3S/c1-12-18(24)19(25)15(23)10-22(12)9-13-4-3-7-21(8-13)14-5-2-6-16-17(14)20-11-26-16/h2,5-6,11-13,15,18-19,23-25H,3-4,7-10H2,1H3/t12-,13?,15+,18-,19-/m1/s1. The smallest absolute Gasteiger partial charge is 0.108 e. The molecule has 2 aliphatic heterocycles. The van der Waals surface area contributed by atoms with Crippen molar-refractivity contribution in [1.82, 2.24) is 9.88 Å². The molecule has 2 saturated heterocycles. The summed E-state index contributed by atoms with van der Waals surface area (Å²) in [4.78, 5) is 9.10. The van der Waals surface area contributed by atoms with Crippen LogP contribution in [0, 0.1) is 5.92 Å². The highest BCUT2D eigenvalue weighted by Crippen LogP contribution is 2.32. The van der Waals surface area contributed by atoms with Gasteiger partial charge in [0.05, 0.1) is 28.1 Å². The molecule has 0 bridgehead atoms. The molecule has 0 saturated carbocycles. The third-order valence-corrected chi connectivity index (χ3v) is 6.72. The monoisotopic (exact) mass is 377 g/mol. The Kier molecular flexibility index (Phi) is 5.16. The molecule has 5 atom stereocenters. The first-order chi connectivity index (χ1) is 12.5. The fourth-order valence-corrected chi connectivity index (χ4v) is 5.07. The molecule has 4 rings (SSSR count). The second-order valence-electron chi connectivity index (χ2n) is 7.67. The quantitative estimate of drug-likeness (QED) is 0.748. The molecule has 142 valence electrons. The van der Waals surface area contributed by atoms with E-state index in [0.717, 1.165) is 38.0 Å². The van der Waals surface area contributed by atoms with Crippen LogP contribution in [0.2, 0.25) is 0 Å². The van der Waals surface area contributed by atoms with Crippen LogP contribution in [0.15, 0.2) is 23.7 Å². The summed E-state index contributed by atoms with van der Waals surface area (Å²) in [6.45, 7) is 5.15. The number of nitrogens with zero attached hydrogens (tertiary/aromatic N) is 3. The predicted molar refractivity (Wildman–Crippen MR) is 104 cm³/mol. The summed E-state index contributed by atoms with van der Waals surface area (Å²) in [5, 5.41) is 30.1. The summed E-state index contributed by atoms with van der Waals surface area (Å²) >= 11 is 1.67. The van der Waals surface area contributed by atoms with Crippen molar-refractivity contribution < 1.29 is 15.3 Å². The lowest BCUT2D eigenvalue weighted by Gasteiger charge is -2.45. The Morgan fingerprint density at radius 2 is 2.04 bits per heavy atom. The van der Waals surface area contributed by atoms with Crippen LogP contribution in [-0.4, -0.2) is 75.7 Å². The molecule has 2 aliphatic rings. The van der Waals surface area contributed by atoms with E-state index in [1.54, 1.807) is 11.3 Å². The largest absolute Gasteiger partial charge is 0.389 e. The van der Waals surface area contributed by atoms with Gasteiger partial charge in [0, 0.05) is 32.2 Å². The van der Waals surface area contributed by atoms with Gasteiger partial charge >= 0.3 is 0 Å². The number of fused-ring (bicyclic) bond motifs is 1. The van der Waals surface area contributed by atoms with Crippen molar-refractivity contribution in [2.75, 3.05) is 31.1 Å². The third kappa shape index (κ3) is 3.34. The average Bonchev–Trinajstić information content (AvgIpc) is 3.13. The first-order valence-electron chi connectivity index (χ1n) is 9.40. The van der Waals surface area contributed by atoms with Crippen LogP contribution in [0.3, 0.4) is 0 Å². The lowest BCUT2D eigenvalue weighted by atomic mass is 9.91. The van der Waals surface area contributed by atoms with Crippen molar-refractivity contribution in [1.29, 1.82) is 0 Å². The molecule has 2 fully saturated rings. The minimum absolute atomic E-state index is 0.147. The Hall–Kier alpha value is -1.25. The van der Waals surface area contributed by atoms with Gasteiger partial charge in [-0.05, 0) is 37.8 Å². The molecule has 2 aromatic rings. The maximum Gasteiger partial charge on any atom is 0.108 e. The predicted octanol–water partition coefficient (Wildman–Crippen LogP) is 1.30. The van der Waals surface area contributed by atoms with Gasteiger partial charge in [0.1, 0.15) is 11.6 Å². The maximum atomic E-state index is 10.2. The molecule has 1 unspecified atom stereocenters. The average molecular weight is 378 g/mol. The van der Waals surface area contributed by atoms with E-state index in [1.807, 2.05) is 12.4 Å². The topological polar surface area (TPSA) is 80.1 Å². The number of piperidine rings is 2. The van der Waals surface area contributed by atoms with E-state index < -0.39 is 18.3 Å². The number of benzene rings is 1. The molecule has 3 N–H and O–H groups in total. The van der Waals surface area contributed by atoms with Gasteiger partial charge in [-0.15, -0.1) is 11.3 Å². The van der Waals surface area contributed by atoms with Gasteiger partial charge in [-0.2, -0.15) is 0 Å². The minimum atomic E-state index is -1.05. The van der Waals surface area contributed by atoms with Crippen LogP contribution < -0.4 is 4.90 Å². The number of likely N-dealkylation sites (tertiary alicyclic amines) is 1. The number of β-amino-alcohol motifs (C(OH)–C–C–N with tert-alkyl or cyclic N) is 1. The summed E-state index contributed by atoms with van der Waals surface area (Å²) in [5.41, 5.74) is 4.19. The molecule has 0 aliphatic carbocycles. The highest BCUT2D eigenvalue weighted by atomic mass is 32.1. The molecule has 3 heterocycles. The van der Waals surface area contributed by atoms with Crippen LogP contribution in [0.25, 0.3) is 10.2 Å². The van der Waals surface area contributed by atoms with Crippen molar-refractivity contribution in [3.63, 3.8) is 0 Å². The SMILES string of the molecule is C[C@@H]1[C@@H](O)[C@H](O)[C@@H](O)CN1CC1CCCN(c2cccc3scnc23)C1. The second-order valence-corrected chi connectivity index (χ2v) is 8.56. The second kappa shape index (κ2) is 7.40. The first-order valence-corrected chi connectivity index (χ1v) is 10.3. The normalized spacial score (nSPS) is 33.7. The molecule has 6 nitrogen and oxygen atoms in total. The minimum Gasteiger partial charge on any atom is -0.389 e. The zero-order chi connectivity index (χ0) is 18.3. The Labute approximate surface area is 157 Å². The summed E-state index contributed by atoms with van der Waals surface area (Å²) in [6.07, 6.45) is -0.568. The van der Waals surface area contributed by atoms with E-state index in [2.05, 4.69) is 33.0 Å². The maximum absolute atomic E-state index is 10.2. The summed E-state index contributed by atoms with van der Waals surface area (Å²) in [7, 11) is 0. The zero-order valence-corrected chi connectivity index (χ0v) is 15.8. The van der Waals surface area contributed by atoms with E-state index in [1.165, 1.54) is 10.4 Å². The number of hydrogen-bond donors (Lipinski definition) is 3. The number of anilines is 1. The molecular weight excluding hydrogens is 350 g/mol. The van der Waals surface area contributed by atoms with Gasteiger partial charge in [0.15, 0.2) is 0 Å². The van der Waals surface area contributed by atoms with E-state index in [0.29, 0.717) is 12.5 Å². The number of thiazole rings is 1. The molecule has 26 heavy (non-hydrogen) atoms. The fraction of sp³-hybridized carbons (Fsp3) is 0.632. The summed E-state index contributed by atoms with van der Waals surface area (Å²) in [5.74, 6) is 0.467. The van der Waals surface area contributed by atoms with Crippen molar-refractivity contribution in [3.8, 4) is 0 Å². The highest BCUT2D eigenvalue weighted by Gasteiger charge is 2.39. The van der Waals surface area contributed by atoms with E-state index in [-0.39, 0.29) is 6.04 Å². The van der Waals surface area contributed by atoms with Crippen molar-refractivity contribution in [2.24, 2.45) is 5.92 Å². The van der Waals surface area contributed by atoms with Gasteiger partial charge in [-0.25, -0.2) is 4.98 Å². The third-order valence-electron chi connectivity index (χ3n) is 5.93. The lowest BCUT2D eigenvalue weighted by molar-refractivity contribution is -0.135. The van der Waals surface area contributed by atoms with Gasteiger partial charge in [-0.1, -0.05) is 6.07 Å². The number of hydrogen-bond acceptors (Lipinski definition) is 7. The molecule has 0 amide bonds. The Balaban J connectivity index is 1.46. The number of para-hydroxylation sites is 1. The summed E-state index contributed by atoms with van der Waals surface area (Å²) in [6, 6.07) is 6.21. The van der Waals surface area contributed by atoms with Crippen molar-refractivity contribution in [3.05, 3.63) is 23.7 Å². The van der Waals surface area contributed by atoms with Crippen LogP contribution >= 0.6 is 11.3 Å². The van der Waals surface area contributed by atoms with Crippen LogP contribution in [0.4, 0.5) is 5.69 Å². The molecule has 1 aromatic carbocycles. The van der Waals surface area contributed by atoms with E-state index in [4.69, 9.17) is 0 Å². The number of aliphatic hydroxyl groups is 3. The fourth-order valence-electron chi connectivity index (χ4n) is 4.38. The number of aliphatic hydroxyl groups excluding tert-OH is 3. The van der Waals surface area contributed by atoms with Gasteiger partial charge in [0.2, 0.25) is 0 Å². The van der Waals surface area contributed by atoms with Crippen molar-refractivity contribution in [2.45, 2.75) is 44.1 Å². The number of rotatable bonds is 3. The molecule has 0 radical (unpaired) electrons. The van der Waals surface area contributed by atoms with Crippen LogP contribution in [0.5, 0.6) is 0 Å². The molecule has 1 aromatic heterocycles. The Bertz CT molecular complexity index is 754. The Morgan fingerprint density at radius 3 is 2.88 bits per heavy atom. The molecule has 0 spiro atoms. The Morgan fingerprint density at radius 1 is 1.19 bits per heavy atom. The zero-order valence-electron chi connectivity index (χ0n) is 15.0. The first kappa shape index (κ1) is 18.1. The van der Waals surface area contributed by atoms with Gasteiger partial charge in [-0.3, -0.25) is 4.90 Å². The lowest BCUT2D eigenvalue weighted by Crippen LogP contribution is -2.61. The highest BCUT2D eigenvalue weighted by molar-refractivity contribution is 7.16. The summed E-state index contributed by atoms with van der Waals surface area (Å²) < 4.78 is 1.22.